The van der Waals surface area contributed by atoms with Gasteiger partial charge in [-0.2, -0.15) is 12.6 Å². The lowest BCUT2D eigenvalue weighted by molar-refractivity contribution is 0.193. The highest BCUT2D eigenvalue weighted by Crippen LogP contribution is 2.24. The molecule has 0 bridgehead atoms. The van der Waals surface area contributed by atoms with Crippen LogP contribution in [0.3, 0.4) is 0 Å². The molecule has 0 unspecified atom stereocenters. The maximum absolute atomic E-state index is 4.30. The summed E-state index contributed by atoms with van der Waals surface area (Å²) in [6.07, 6.45) is 5.58. The molecule has 0 aromatic rings. The van der Waals surface area contributed by atoms with Crippen molar-refractivity contribution in [2.24, 2.45) is 5.92 Å². The molecule has 0 amide bonds. The van der Waals surface area contributed by atoms with Crippen molar-refractivity contribution in [3.63, 3.8) is 0 Å². The molecular formula is C13H25NS. The Hall–Kier alpha value is 0.0500. The van der Waals surface area contributed by atoms with Gasteiger partial charge in [-0.1, -0.05) is 38.8 Å². The normalized spacial score (nSPS) is 17.9. The standard InChI is InChI=1S/C13H25NS/c1-11(2)8-14(9-12(3)10-15)13-6-4-5-7-13/h11,13,15H,3-10H2,1-2H3. The van der Waals surface area contributed by atoms with Crippen molar-refractivity contribution in [2.45, 2.75) is 45.6 Å². The molecule has 1 rings (SSSR count). The Morgan fingerprint density at radius 2 is 2.00 bits per heavy atom. The van der Waals surface area contributed by atoms with Crippen LogP contribution in [0.2, 0.25) is 0 Å². The van der Waals surface area contributed by atoms with Crippen molar-refractivity contribution in [2.75, 3.05) is 18.8 Å². The molecule has 0 aromatic carbocycles. The number of nitrogens with zero attached hydrogens (tertiary/aromatic N) is 1. The van der Waals surface area contributed by atoms with Crippen LogP contribution in [0.4, 0.5) is 0 Å². The van der Waals surface area contributed by atoms with Crippen LogP contribution in [-0.4, -0.2) is 29.8 Å². The van der Waals surface area contributed by atoms with Gasteiger partial charge in [-0.25, -0.2) is 0 Å². The summed E-state index contributed by atoms with van der Waals surface area (Å²) in [6.45, 7) is 10.9. The third-order valence-corrected chi connectivity index (χ3v) is 3.54. The van der Waals surface area contributed by atoms with Gasteiger partial charge in [0, 0.05) is 24.9 Å². The van der Waals surface area contributed by atoms with E-state index >= 15 is 0 Å². The summed E-state index contributed by atoms with van der Waals surface area (Å²) in [7, 11) is 0. The van der Waals surface area contributed by atoms with Crippen molar-refractivity contribution in [3.05, 3.63) is 12.2 Å². The first kappa shape index (κ1) is 13.1. The molecule has 0 aliphatic heterocycles. The van der Waals surface area contributed by atoms with Crippen LogP contribution in [0, 0.1) is 5.92 Å². The Morgan fingerprint density at radius 1 is 1.40 bits per heavy atom. The van der Waals surface area contributed by atoms with Gasteiger partial charge in [0.2, 0.25) is 0 Å². The molecule has 0 radical (unpaired) electrons. The van der Waals surface area contributed by atoms with Gasteiger partial charge in [0.05, 0.1) is 0 Å². The predicted octanol–water partition coefficient (Wildman–Crippen LogP) is 3.37. The lowest BCUT2D eigenvalue weighted by atomic mass is 10.1. The molecule has 1 fully saturated rings. The molecule has 1 saturated carbocycles. The van der Waals surface area contributed by atoms with Crippen LogP contribution in [-0.2, 0) is 0 Å². The van der Waals surface area contributed by atoms with Crippen molar-refractivity contribution in [3.8, 4) is 0 Å². The van der Waals surface area contributed by atoms with Crippen LogP contribution < -0.4 is 0 Å². The van der Waals surface area contributed by atoms with Crippen molar-refractivity contribution >= 4 is 12.6 Å². The monoisotopic (exact) mass is 227 g/mol. The van der Waals surface area contributed by atoms with Crippen molar-refractivity contribution < 1.29 is 0 Å². The highest BCUT2D eigenvalue weighted by atomic mass is 32.1. The Labute approximate surface area is 100 Å². The third kappa shape index (κ3) is 4.60. The minimum Gasteiger partial charge on any atom is -0.296 e. The topological polar surface area (TPSA) is 3.24 Å². The predicted molar refractivity (Wildman–Crippen MR) is 71.7 cm³/mol. The summed E-state index contributed by atoms with van der Waals surface area (Å²) in [5.41, 5.74) is 1.26. The van der Waals surface area contributed by atoms with E-state index in [1.54, 1.807) is 0 Å². The Balaban J connectivity index is 2.47. The van der Waals surface area contributed by atoms with E-state index in [-0.39, 0.29) is 0 Å². The molecule has 0 atom stereocenters. The number of thiol groups is 1. The highest BCUT2D eigenvalue weighted by molar-refractivity contribution is 7.80. The van der Waals surface area contributed by atoms with E-state index in [1.165, 1.54) is 37.8 Å². The van der Waals surface area contributed by atoms with E-state index < -0.39 is 0 Å². The van der Waals surface area contributed by atoms with Gasteiger partial charge in [-0.15, -0.1) is 0 Å². The first-order valence-corrected chi connectivity index (χ1v) is 6.78. The average Bonchev–Trinajstić information content (AvgIpc) is 2.68. The molecular weight excluding hydrogens is 202 g/mol. The summed E-state index contributed by atoms with van der Waals surface area (Å²) in [5, 5.41) is 0. The van der Waals surface area contributed by atoms with Gasteiger partial charge in [-0.3, -0.25) is 4.90 Å². The zero-order valence-electron chi connectivity index (χ0n) is 10.2. The molecule has 0 saturated heterocycles. The van der Waals surface area contributed by atoms with E-state index in [2.05, 4.69) is 38.0 Å². The zero-order valence-corrected chi connectivity index (χ0v) is 11.1. The van der Waals surface area contributed by atoms with E-state index in [9.17, 15) is 0 Å². The van der Waals surface area contributed by atoms with Crippen LogP contribution in [0.1, 0.15) is 39.5 Å². The molecule has 0 N–H and O–H groups in total. The first-order valence-electron chi connectivity index (χ1n) is 6.15. The second-order valence-electron chi connectivity index (χ2n) is 5.17. The van der Waals surface area contributed by atoms with Gasteiger partial charge in [0.25, 0.3) is 0 Å². The SMILES string of the molecule is C=C(CS)CN(CC(C)C)C1CCCC1. The van der Waals surface area contributed by atoms with Crippen LogP contribution in [0.25, 0.3) is 0 Å². The second-order valence-corrected chi connectivity index (χ2v) is 5.49. The molecule has 15 heavy (non-hydrogen) atoms. The molecule has 2 heteroatoms. The summed E-state index contributed by atoms with van der Waals surface area (Å²) < 4.78 is 0. The molecule has 0 heterocycles. The first-order chi connectivity index (χ1) is 7.13. The quantitative estimate of drug-likeness (QED) is 0.538. The van der Waals surface area contributed by atoms with Crippen molar-refractivity contribution in [1.82, 2.24) is 4.90 Å². The molecule has 0 aromatic heterocycles. The van der Waals surface area contributed by atoms with E-state index in [0.717, 1.165) is 24.3 Å². The average molecular weight is 227 g/mol. The van der Waals surface area contributed by atoms with E-state index in [0.29, 0.717) is 0 Å². The van der Waals surface area contributed by atoms with Crippen molar-refractivity contribution in [1.29, 1.82) is 0 Å². The highest BCUT2D eigenvalue weighted by Gasteiger charge is 2.22. The summed E-state index contributed by atoms with van der Waals surface area (Å²) in [6, 6.07) is 0.809. The maximum Gasteiger partial charge on any atom is 0.0201 e. The molecule has 0 spiro atoms. The van der Waals surface area contributed by atoms with Gasteiger partial charge >= 0.3 is 0 Å². The number of hydrogen-bond acceptors (Lipinski definition) is 2. The third-order valence-electron chi connectivity index (χ3n) is 3.09. The number of rotatable bonds is 6. The maximum atomic E-state index is 4.30. The second kappa shape index (κ2) is 6.59. The lowest BCUT2D eigenvalue weighted by Crippen LogP contribution is -2.37. The van der Waals surface area contributed by atoms with Crippen LogP contribution in [0.5, 0.6) is 0 Å². The van der Waals surface area contributed by atoms with Crippen LogP contribution >= 0.6 is 12.6 Å². The minimum absolute atomic E-state index is 0.748. The molecule has 1 nitrogen and oxygen atoms in total. The Bertz CT molecular complexity index is 195. The van der Waals surface area contributed by atoms with Crippen LogP contribution in [0.15, 0.2) is 12.2 Å². The molecule has 1 aliphatic rings. The summed E-state index contributed by atoms with van der Waals surface area (Å²) in [5.74, 6) is 1.57. The fraction of sp³-hybridized carbons (Fsp3) is 0.846. The zero-order chi connectivity index (χ0) is 11.3. The van der Waals surface area contributed by atoms with Gasteiger partial charge in [0.15, 0.2) is 0 Å². The lowest BCUT2D eigenvalue weighted by Gasteiger charge is -2.30. The molecule has 1 aliphatic carbocycles. The molecule has 88 valence electrons. The van der Waals surface area contributed by atoms with Gasteiger partial charge in [0.1, 0.15) is 0 Å². The Morgan fingerprint density at radius 3 is 2.47 bits per heavy atom. The number of hydrogen-bond donors (Lipinski definition) is 1. The minimum atomic E-state index is 0.748. The van der Waals surface area contributed by atoms with E-state index in [4.69, 9.17) is 0 Å². The largest absolute Gasteiger partial charge is 0.296 e. The van der Waals surface area contributed by atoms with Gasteiger partial charge in [-0.05, 0) is 18.8 Å². The fourth-order valence-corrected chi connectivity index (χ4v) is 2.52. The van der Waals surface area contributed by atoms with E-state index in [1.807, 2.05) is 0 Å². The summed E-state index contributed by atoms with van der Waals surface area (Å²) in [4.78, 5) is 2.62. The smallest absolute Gasteiger partial charge is 0.0201 e. The summed E-state index contributed by atoms with van der Waals surface area (Å²) >= 11 is 4.30. The van der Waals surface area contributed by atoms with Gasteiger partial charge < -0.3 is 0 Å². The Kier molecular flexibility index (Phi) is 5.77. The fourth-order valence-electron chi connectivity index (χ4n) is 2.42.